The molecule has 4 rings (SSSR count). The van der Waals surface area contributed by atoms with Gasteiger partial charge in [0.1, 0.15) is 0 Å². The third-order valence-corrected chi connectivity index (χ3v) is 5.71. The van der Waals surface area contributed by atoms with E-state index in [0.717, 1.165) is 34.4 Å². The van der Waals surface area contributed by atoms with E-state index in [1.165, 1.54) is 11.3 Å². The lowest BCUT2D eigenvalue weighted by molar-refractivity contribution is -0.119. The topological polar surface area (TPSA) is 86.7 Å². The van der Waals surface area contributed by atoms with E-state index < -0.39 is 0 Å². The number of benzene rings is 2. The molecule has 29 heavy (non-hydrogen) atoms. The third-order valence-electron chi connectivity index (χ3n) is 4.71. The van der Waals surface area contributed by atoms with E-state index in [-0.39, 0.29) is 18.4 Å². The summed E-state index contributed by atoms with van der Waals surface area (Å²) in [4.78, 5) is 30.1. The summed E-state index contributed by atoms with van der Waals surface area (Å²) in [6.45, 7) is 2.69. The van der Waals surface area contributed by atoms with Crippen molar-refractivity contribution in [3.05, 3.63) is 54.1 Å². The first-order valence-corrected chi connectivity index (χ1v) is 10.3. The average Bonchev–Trinajstić information content (AvgIpc) is 3.36. The van der Waals surface area contributed by atoms with E-state index in [0.29, 0.717) is 17.3 Å². The second-order valence-corrected chi connectivity index (χ2v) is 7.80. The zero-order valence-corrected chi connectivity index (χ0v) is 16.8. The molecule has 148 valence electrons. The number of carbonyl (C=O) groups excluding carboxylic acids is 2. The Kier molecular flexibility index (Phi) is 5.53. The van der Waals surface area contributed by atoms with Crippen LogP contribution in [0.25, 0.3) is 10.2 Å². The van der Waals surface area contributed by atoms with Crippen LogP contribution < -0.4 is 15.6 Å². The first-order chi connectivity index (χ1) is 14.1. The maximum absolute atomic E-state index is 12.1. The molecule has 0 atom stereocenters. The number of fused-ring (bicyclic) bond motifs is 1. The maximum Gasteiger partial charge on any atom is 0.259 e. The van der Waals surface area contributed by atoms with Crippen LogP contribution in [-0.2, 0) is 9.59 Å². The Morgan fingerprint density at radius 3 is 2.72 bits per heavy atom. The summed E-state index contributed by atoms with van der Waals surface area (Å²) in [6, 6.07) is 15.5. The quantitative estimate of drug-likeness (QED) is 0.484. The van der Waals surface area contributed by atoms with Gasteiger partial charge in [-0.25, -0.2) is 10.4 Å². The van der Waals surface area contributed by atoms with Gasteiger partial charge in [-0.15, -0.1) is 0 Å². The van der Waals surface area contributed by atoms with Crippen LogP contribution in [0.15, 0.2) is 53.6 Å². The molecule has 8 heteroatoms. The number of nitrogens with one attached hydrogen (secondary N) is 2. The number of nitrogens with zero attached hydrogens (tertiary/aromatic N) is 3. The van der Waals surface area contributed by atoms with Crippen molar-refractivity contribution < 1.29 is 9.59 Å². The summed E-state index contributed by atoms with van der Waals surface area (Å²) >= 11 is 1.51. The third kappa shape index (κ3) is 4.43. The average molecular weight is 407 g/mol. The highest BCUT2D eigenvalue weighted by atomic mass is 32.1. The monoisotopic (exact) mass is 407 g/mol. The molecule has 2 aromatic carbocycles. The van der Waals surface area contributed by atoms with Crippen molar-refractivity contribution in [1.29, 1.82) is 0 Å². The molecule has 2 heterocycles. The number of hydrazone groups is 1. The molecule has 0 saturated carbocycles. The smallest absolute Gasteiger partial charge is 0.259 e. The summed E-state index contributed by atoms with van der Waals surface area (Å²) in [5, 5.41) is 7.90. The van der Waals surface area contributed by atoms with Gasteiger partial charge in [-0.1, -0.05) is 35.6 Å². The zero-order chi connectivity index (χ0) is 20.2. The van der Waals surface area contributed by atoms with E-state index in [2.05, 4.69) is 20.8 Å². The van der Waals surface area contributed by atoms with Gasteiger partial charge in [-0.05, 0) is 43.2 Å². The number of amides is 2. The Hall–Kier alpha value is -3.26. The fourth-order valence-corrected chi connectivity index (χ4v) is 4.02. The number of hydrogen-bond acceptors (Lipinski definition) is 6. The molecule has 0 radical (unpaired) electrons. The van der Waals surface area contributed by atoms with Crippen LogP contribution in [0.4, 0.5) is 10.8 Å². The Bertz CT molecular complexity index is 1040. The number of aromatic nitrogens is 1. The number of rotatable bonds is 6. The van der Waals surface area contributed by atoms with Crippen LogP contribution in [-0.4, -0.2) is 35.6 Å². The van der Waals surface area contributed by atoms with Gasteiger partial charge in [0.2, 0.25) is 5.91 Å². The van der Waals surface area contributed by atoms with Gasteiger partial charge in [0.05, 0.1) is 22.5 Å². The molecule has 7 nitrogen and oxygen atoms in total. The van der Waals surface area contributed by atoms with Gasteiger partial charge in [-0.3, -0.25) is 9.59 Å². The molecular formula is C21H21N5O2S. The number of anilines is 2. The van der Waals surface area contributed by atoms with E-state index in [9.17, 15) is 9.59 Å². The lowest BCUT2D eigenvalue weighted by atomic mass is 10.1. The molecular weight excluding hydrogens is 386 g/mol. The molecule has 0 bridgehead atoms. The number of thiazole rings is 1. The fraction of sp³-hybridized carbons (Fsp3) is 0.238. The lowest BCUT2D eigenvalue weighted by Crippen LogP contribution is -2.26. The summed E-state index contributed by atoms with van der Waals surface area (Å²) in [5.74, 6) is -0.0843. The predicted molar refractivity (Wildman–Crippen MR) is 116 cm³/mol. The second-order valence-electron chi connectivity index (χ2n) is 6.77. The van der Waals surface area contributed by atoms with Gasteiger partial charge in [-0.2, -0.15) is 5.10 Å². The number of para-hydroxylation sites is 1. The standard InChI is InChI=1S/C21H21N5O2S/c1-14(15-8-10-16(11-9-15)26-12-4-7-20(26)28)24-25-19(27)13-22-21-23-17-5-2-3-6-18(17)29-21/h2-3,5-6,8-11H,4,7,12-13H2,1H3,(H,22,23)(H,25,27)/b24-14-. The summed E-state index contributed by atoms with van der Waals surface area (Å²) in [7, 11) is 0. The van der Waals surface area contributed by atoms with Crippen molar-refractivity contribution in [3.8, 4) is 0 Å². The summed E-state index contributed by atoms with van der Waals surface area (Å²) in [6.07, 6.45) is 1.51. The predicted octanol–water partition coefficient (Wildman–Crippen LogP) is 3.38. The molecule has 2 N–H and O–H groups in total. The second kappa shape index (κ2) is 8.40. The highest BCUT2D eigenvalue weighted by Gasteiger charge is 2.21. The van der Waals surface area contributed by atoms with Crippen molar-refractivity contribution >= 4 is 49.9 Å². The van der Waals surface area contributed by atoms with E-state index in [1.807, 2.05) is 55.5 Å². The molecule has 1 aliphatic rings. The van der Waals surface area contributed by atoms with Crippen molar-refractivity contribution in [2.24, 2.45) is 5.10 Å². The maximum atomic E-state index is 12.1. The first kappa shape index (κ1) is 19.1. The molecule has 1 fully saturated rings. The van der Waals surface area contributed by atoms with Crippen LogP contribution in [0.3, 0.4) is 0 Å². The molecule has 0 unspecified atom stereocenters. The van der Waals surface area contributed by atoms with Crippen LogP contribution in [0, 0.1) is 0 Å². The van der Waals surface area contributed by atoms with Crippen LogP contribution in [0.5, 0.6) is 0 Å². The van der Waals surface area contributed by atoms with Gasteiger partial charge < -0.3 is 10.2 Å². The van der Waals surface area contributed by atoms with Crippen molar-refractivity contribution in [1.82, 2.24) is 10.4 Å². The van der Waals surface area contributed by atoms with Gasteiger partial charge in [0.15, 0.2) is 5.13 Å². The molecule has 1 saturated heterocycles. The molecule has 1 aromatic heterocycles. The normalized spacial score (nSPS) is 14.4. The minimum Gasteiger partial charge on any atom is -0.352 e. The first-order valence-electron chi connectivity index (χ1n) is 9.43. The SMILES string of the molecule is C/C(=N/NC(=O)CNc1nc2ccccc2s1)c1ccc(N2CCCC2=O)cc1. The summed E-state index contributed by atoms with van der Waals surface area (Å²) in [5.41, 5.74) is 5.95. The Morgan fingerprint density at radius 2 is 2.00 bits per heavy atom. The lowest BCUT2D eigenvalue weighted by Gasteiger charge is -2.15. The van der Waals surface area contributed by atoms with Gasteiger partial charge in [0.25, 0.3) is 5.91 Å². The zero-order valence-electron chi connectivity index (χ0n) is 16.0. The van der Waals surface area contributed by atoms with Crippen LogP contribution in [0.1, 0.15) is 25.3 Å². The molecule has 0 spiro atoms. The Labute approximate surface area is 172 Å². The molecule has 0 aliphatic carbocycles. The van der Waals surface area contributed by atoms with E-state index >= 15 is 0 Å². The Morgan fingerprint density at radius 1 is 1.21 bits per heavy atom. The molecule has 3 aromatic rings. The largest absolute Gasteiger partial charge is 0.352 e. The fourth-order valence-electron chi connectivity index (χ4n) is 3.16. The highest BCUT2D eigenvalue weighted by molar-refractivity contribution is 7.22. The van der Waals surface area contributed by atoms with Crippen molar-refractivity contribution in [2.75, 3.05) is 23.3 Å². The van der Waals surface area contributed by atoms with Crippen molar-refractivity contribution in [3.63, 3.8) is 0 Å². The van der Waals surface area contributed by atoms with E-state index in [1.54, 1.807) is 4.90 Å². The van der Waals surface area contributed by atoms with Crippen molar-refractivity contribution in [2.45, 2.75) is 19.8 Å². The summed E-state index contributed by atoms with van der Waals surface area (Å²) < 4.78 is 1.07. The highest BCUT2D eigenvalue weighted by Crippen LogP contribution is 2.25. The van der Waals surface area contributed by atoms with E-state index in [4.69, 9.17) is 0 Å². The number of carbonyl (C=O) groups is 2. The minimum absolute atomic E-state index is 0.0899. The van der Waals surface area contributed by atoms with Crippen LogP contribution >= 0.6 is 11.3 Å². The molecule has 2 amide bonds. The Balaban J connectivity index is 1.31. The van der Waals surface area contributed by atoms with Gasteiger partial charge >= 0.3 is 0 Å². The van der Waals surface area contributed by atoms with Gasteiger partial charge in [0, 0.05) is 18.7 Å². The minimum atomic E-state index is -0.247. The van der Waals surface area contributed by atoms with Crippen LogP contribution in [0.2, 0.25) is 0 Å². The number of hydrogen-bond donors (Lipinski definition) is 2. The molecule has 1 aliphatic heterocycles.